The van der Waals surface area contributed by atoms with Crippen LogP contribution in [0, 0.1) is 5.41 Å². The van der Waals surface area contributed by atoms with Crippen LogP contribution in [-0.4, -0.2) is 0 Å². The van der Waals surface area contributed by atoms with E-state index < -0.39 is 0 Å². The van der Waals surface area contributed by atoms with Crippen molar-refractivity contribution in [2.45, 2.75) is 116 Å². The summed E-state index contributed by atoms with van der Waals surface area (Å²) >= 11 is 0. The Labute approximate surface area is 184 Å². The van der Waals surface area contributed by atoms with Gasteiger partial charge in [0.25, 0.3) is 0 Å². The molecule has 0 nitrogen and oxygen atoms in total. The van der Waals surface area contributed by atoms with Gasteiger partial charge < -0.3 is 0 Å². The fourth-order valence-corrected chi connectivity index (χ4v) is 4.13. The first-order chi connectivity index (χ1) is 14.2. The molecule has 0 radical (unpaired) electrons. The molecule has 0 spiro atoms. The highest BCUT2D eigenvalue weighted by atomic mass is 14.3. The highest BCUT2D eigenvalue weighted by molar-refractivity contribution is 5.00. The standard InChI is InChI=1S/C29H50/c1-5-9-13-16-18-20-24-28-29(25-21-12-8-4,26-22-15-11-7-3)27-23-19-17-14-10-6-2/h5-9,24,28H,2-4,10-23,25-27H2,1H3. The molecule has 29 heavy (non-hydrogen) atoms. The largest absolute Gasteiger partial charge is 0.103 e. The Morgan fingerprint density at radius 2 is 0.966 bits per heavy atom. The summed E-state index contributed by atoms with van der Waals surface area (Å²) in [4.78, 5) is 0. The van der Waals surface area contributed by atoms with Crippen LogP contribution in [0.25, 0.3) is 0 Å². The van der Waals surface area contributed by atoms with Crippen LogP contribution >= 0.6 is 0 Å². The van der Waals surface area contributed by atoms with Gasteiger partial charge in [-0.1, -0.05) is 68.2 Å². The van der Waals surface area contributed by atoms with Crippen molar-refractivity contribution in [1.82, 2.24) is 0 Å². The Balaban J connectivity index is 4.81. The molecule has 0 amide bonds. The predicted molar refractivity (Wildman–Crippen MR) is 135 cm³/mol. The van der Waals surface area contributed by atoms with E-state index in [1.807, 2.05) is 0 Å². The van der Waals surface area contributed by atoms with Crippen molar-refractivity contribution < 1.29 is 0 Å². The molecule has 0 N–H and O–H groups in total. The van der Waals surface area contributed by atoms with Crippen molar-refractivity contribution in [3.8, 4) is 0 Å². The zero-order valence-electron chi connectivity index (χ0n) is 19.7. The molecule has 166 valence electrons. The van der Waals surface area contributed by atoms with Crippen LogP contribution in [0.1, 0.15) is 116 Å². The molecule has 1 unspecified atom stereocenters. The predicted octanol–water partition coefficient (Wildman–Crippen LogP) is 10.3. The second kappa shape index (κ2) is 21.4. The molecule has 0 heteroatoms. The molecule has 1 atom stereocenters. The van der Waals surface area contributed by atoms with E-state index in [0.29, 0.717) is 5.41 Å². The van der Waals surface area contributed by atoms with Gasteiger partial charge in [0.2, 0.25) is 0 Å². The lowest BCUT2D eigenvalue weighted by Crippen LogP contribution is -2.18. The highest BCUT2D eigenvalue weighted by Crippen LogP contribution is 2.39. The quantitative estimate of drug-likeness (QED) is 0.126. The lowest BCUT2D eigenvalue weighted by Gasteiger charge is -2.32. The molecule has 0 saturated heterocycles. The zero-order chi connectivity index (χ0) is 21.5. The van der Waals surface area contributed by atoms with Crippen molar-refractivity contribution >= 4 is 0 Å². The van der Waals surface area contributed by atoms with E-state index in [-0.39, 0.29) is 0 Å². The summed E-state index contributed by atoms with van der Waals surface area (Å²) in [5.41, 5.74) is 0.395. The van der Waals surface area contributed by atoms with Gasteiger partial charge in [-0.25, -0.2) is 0 Å². The van der Waals surface area contributed by atoms with E-state index in [0.717, 1.165) is 12.8 Å². The molecule has 0 aromatic heterocycles. The second-order valence-electron chi connectivity index (χ2n) is 8.58. The number of unbranched alkanes of at least 4 members (excludes halogenated alkanes) is 10. The van der Waals surface area contributed by atoms with E-state index in [9.17, 15) is 0 Å². The van der Waals surface area contributed by atoms with Crippen LogP contribution < -0.4 is 0 Å². The maximum absolute atomic E-state index is 3.94. The average Bonchev–Trinajstić information content (AvgIpc) is 2.73. The molecule has 0 rings (SSSR count). The number of hydrogen-bond donors (Lipinski definition) is 0. The summed E-state index contributed by atoms with van der Waals surface area (Å²) in [6.07, 6.45) is 37.6. The monoisotopic (exact) mass is 398 g/mol. The summed E-state index contributed by atoms with van der Waals surface area (Å²) in [5, 5.41) is 0. The Morgan fingerprint density at radius 1 is 0.517 bits per heavy atom. The maximum atomic E-state index is 3.94. The van der Waals surface area contributed by atoms with Crippen molar-refractivity contribution in [2.24, 2.45) is 5.41 Å². The SMILES string of the molecule is C=CCCCCCCC(C=CCCCCC=CC)(CCCC=C)CCCCC=C. The molecule has 0 fully saturated rings. The smallest absolute Gasteiger partial charge is 0.0118 e. The van der Waals surface area contributed by atoms with E-state index in [1.165, 1.54) is 96.3 Å². The molecule has 0 aromatic carbocycles. The van der Waals surface area contributed by atoms with Crippen LogP contribution in [-0.2, 0) is 0 Å². The summed E-state index contributed by atoms with van der Waals surface area (Å²) in [6.45, 7) is 13.8. The van der Waals surface area contributed by atoms with Crippen LogP contribution in [0.3, 0.4) is 0 Å². The molecule has 0 aliphatic carbocycles. The van der Waals surface area contributed by atoms with Gasteiger partial charge in [-0.3, -0.25) is 0 Å². The van der Waals surface area contributed by atoms with E-state index in [2.05, 4.69) is 69.2 Å². The topological polar surface area (TPSA) is 0 Å². The molecule has 0 heterocycles. The third kappa shape index (κ3) is 17.3. The summed E-state index contributed by atoms with van der Waals surface area (Å²) in [7, 11) is 0. The third-order valence-electron chi connectivity index (χ3n) is 5.95. The lowest BCUT2D eigenvalue weighted by molar-refractivity contribution is 0.269. The van der Waals surface area contributed by atoms with Gasteiger partial charge in [-0.15, -0.1) is 19.7 Å². The Morgan fingerprint density at radius 3 is 1.59 bits per heavy atom. The molecule has 0 saturated carbocycles. The number of rotatable bonds is 22. The van der Waals surface area contributed by atoms with Gasteiger partial charge in [-0.2, -0.15) is 0 Å². The number of hydrogen-bond acceptors (Lipinski definition) is 0. The van der Waals surface area contributed by atoms with Gasteiger partial charge in [0.05, 0.1) is 0 Å². The van der Waals surface area contributed by atoms with Crippen LogP contribution in [0.15, 0.2) is 62.3 Å². The Bertz CT molecular complexity index is 439. The normalized spacial score (nSPS) is 13.7. The minimum absolute atomic E-state index is 0.395. The highest BCUT2D eigenvalue weighted by Gasteiger charge is 2.25. The molecule has 0 bridgehead atoms. The Kier molecular flexibility index (Phi) is 20.5. The zero-order valence-corrected chi connectivity index (χ0v) is 19.7. The van der Waals surface area contributed by atoms with Crippen LogP contribution in [0.4, 0.5) is 0 Å². The van der Waals surface area contributed by atoms with Crippen molar-refractivity contribution in [3.05, 3.63) is 62.3 Å². The van der Waals surface area contributed by atoms with Crippen molar-refractivity contribution in [3.63, 3.8) is 0 Å². The minimum Gasteiger partial charge on any atom is -0.103 e. The second-order valence-corrected chi connectivity index (χ2v) is 8.58. The first-order valence-electron chi connectivity index (χ1n) is 12.4. The van der Waals surface area contributed by atoms with Gasteiger partial charge in [0.15, 0.2) is 0 Å². The van der Waals surface area contributed by atoms with E-state index in [4.69, 9.17) is 0 Å². The van der Waals surface area contributed by atoms with Gasteiger partial charge in [0, 0.05) is 0 Å². The van der Waals surface area contributed by atoms with Gasteiger partial charge in [-0.05, 0) is 95.8 Å². The lowest BCUT2D eigenvalue weighted by atomic mass is 9.73. The van der Waals surface area contributed by atoms with Gasteiger partial charge in [0.1, 0.15) is 0 Å². The average molecular weight is 399 g/mol. The third-order valence-corrected chi connectivity index (χ3v) is 5.95. The fourth-order valence-electron chi connectivity index (χ4n) is 4.13. The summed E-state index contributed by atoms with van der Waals surface area (Å²) in [6, 6.07) is 0. The maximum Gasteiger partial charge on any atom is -0.0118 e. The van der Waals surface area contributed by atoms with E-state index in [1.54, 1.807) is 0 Å². The first-order valence-corrected chi connectivity index (χ1v) is 12.4. The van der Waals surface area contributed by atoms with E-state index >= 15 is 0 Å². The van der Waals surface area contributed by atoms with Gasteiger partial charge >= 0.3 is 0 Å². The minimum atomic E-state index is 0.395. The molecular weight excluding hydrogens is 348 g/mol. The fraction of sp³-hybridized carbons (Fsp3) is 0.655. The molecule has 0 aliphatic rings. The number of allylic oxidation sites excluding steroid dienone is 7. The molecule has 0 aliphatic heterocycles. The summed E-state index contributed by atoms with van der Waals surface area (Å²) in [5.74, 6) is 0. The van der Waals surface area contributed by atoms with Crippen LogP contribution in [0.5, 0.6) is 0 Å². The molecular formula is C29H50. The Hall–Kier alpha value is -1.30. The summed E-state index contributed by atoms with van der Waals surface area (Å²) < 4.78 is 0. The molecule has 0 aromatic rings. The first kappa shape index (κ1) is 27.7. The van der Waals surface area contributed by atoms with Crippen molar-refractivity contribution in [2.75, 3.05) is 0 Å². The van der Waals surface area contributed by atoms with Crippen molar-refractivity contribution in [1.29, 1.82) is 0 Å². The van der Waals surface area contributed by atoms with Crippen LogP contribution in [0.2, 0.25) is 0 Å².